The zero-order chi connectivity index (χ0) is 15.9. The number of halogens is 1. The standard InChI is InChI=1S/C18H17FO3/c1-2-16(13-6-4-3-5-7-13)18(21)22-12-17(20)14-8-10-15(19)11-9-14/h3-11,16H,2,12H2,1H3/t16-/m0/s1. The van der Waals surface area contributed by atoms with Crippen LogP contribution in [0.25, 0.3) is 0 Å². The van der Waals surface area contributed by atoms with Gasteiger partial charge in [0.05, 0.1) is 5.92 Å². The molecule has 4 heteroatoms. The number of hydrogen-bond acceptors (Lipinski definition) is 3. The minimum atomic E-state index is -0.427. The number of rotatable bonds is 6. The fraction of sp³-hybridized carbons (Fsp3) is 0.222. The highest BCUT2D eigenvalue weighted by atomic mass is 19.1. The predicted molar refractivity (Wildman–Crippen MR) is 81.2 cm³/mol. The zero-order valence-electron chi connectivity index (χ0n) is 12.3. The molecule has 0 saturated carbocycles. The molecule has 2 aromatic rings. The van der Waals surface area contributed by atoms with Crippen LogP contribution in [0, 0.1) is 5.82 Å². The van der Waals surface area contributed by atoms with E-state index in [-0.39, 0.29) is 18.3 Å². The van der Waals surface area contributed by atoms with E-state index >= 15 is 0 Å². The zero-order valence-corrected chi connectivity index (χ0v) is 12.3. The van der Waals surface area contributed by atoms with Crippen molar-refractivity contribution in [3.63, 3.8) is 0 Å². The van der Waals surface area contributed by atoms with Crippen LogP contribution in [0.3, 0.4) is 0 Å². The van der Waals surface area contributed by atoms with Crippen molar-refractivity contribution in [3.8, 4) is 0 Å². The number of benzene rings is 2. The summed E-state index contributed by atoms with van der Waals surface area (Å²) in [6, 6.07) is 14.5. The molecule has 0 aliphatic heterocycles. The molecule has 0 unspecified atom stereocenters. The maximum Gasteiger partial charge on any atom is 0.313 e. The van der Waals surface area contributed by atoms with Gasteiger partial charge in [-0.15, -0.1) is 0 Å². The SMILES string of the molecule is CC[C@H](C(=O)OCC(=O)c1ccc(F)cc1)c1ccccc1. The summed E-state index contributed by atoms with van der Waals surface area (Å²) in [5.41, 5.74) is 1.19. The van der Waals surface area contributed by atoms with E-state index in [9.17, 15) is 14.0 Å². The monoisotopic (exact) mass is 300 g/mol. The first kappa shape index (κ1) is 15.9. The summed E-state index contributed by atoms with van der Waals surface area (Å²) in [4.78, 5) is 24.0. The maximum atomic E-state index is 12.8. The number of ketones is 1. The lowest BCUT2D eigenvalue weighted by atomic mass is 9.97. The average Bonchev–Trinajstić information content (AvgIpc) is 2.55. The van der Waals surface area contributed by atoms with Gasteiger partial charge in [0.25, 0.3) is 0 Å². The summed E-state index contributed by atoms with van der Waals surface area (Å²) in [6.45, 7) is 1.55. The van der Waals surface area contributed by atoms with Crippen LogP contribution in [0.5, 0.6) is 0 Å². The Kier molecular flexibility index (Phi) is 5.42. The Labute approximate surface area is 128 Å². The van der Waals surface area contributed by atoms with Gasteiger partial charge in [-0.2, -0.15) is 0 Å². The van der Waals surface area contributed by atoms with Crippen LogP contribution in [0.2, 0.25) is 0 Å². The molecule has 0 amide bonds. The minimum Gasteiger partial charge on any atom is -0.457 e. The van der Waals surface area contributed by atoms with Crippen LogP contribution < -0.4 is 0 Å². The van der Waals surface area contributed by atoms with Crippen LogP contribution in [-0.4, -0.2) is 18.4 Å². The Balaban J connectivity index is 1.96. The second-order valence-corrected chi connectivity index (χ2v) is 4.91. The molecular weight excluding hydrogens is 283 g/mol. The summed E-state index contributed by atoms with van der Waals surface area (Å²) >= 11 is 0. The smallest absolute Gasteiger partial charge is 0.313 e. The Morgan fingerprint density at radius 1 is 1.05 bits per heavy atom. The first-order valence-corrected chi connectivity index (χ1v) is 7.12. The van der Waals surface area contributed by atoms with E-state index in [1.165, 1.54) is 24.3 Å². The molecule has 1 atom stereocenters. The fourth-order valence-electron chi connectivity index (χ4n) is 2.18. The highest BCUT2D eigenvalue weighted by Gasteiger charge is 2.21. The topological polar surface area (TPSA) is 43.4 Å². The summed E-state index contributed by atoms with van der Waals surface area (Å²) in [6.07, 6.45) is 0.591. The highest BCUT2D eigenvalue weighted by Crippen LogP contribution is 2.20. The first-order valence-electron chi connectivity index (χ1n) is 7.12. The van der Waals surface area contributed by atoms with Crippen molar-refractivity contribution in [1.82, 2.24) is 0 Å². The van der Waals surface area contributed by atoms with Gasteiger partial charge in [0.15, 0.2) is 12.4 Å². The van der Waals surface area contributed by atoms with Gasteiger partial charge in [-0.25, -0.2) is 4.39 Å². The Morgan fingerprint density at radius 2 is 1.68 bits per heavy atom. The van der Waals surface area contributed by atoms with Gasteiger partial charge in [0.1, 0.15) is 5.82 Å². The molecule has 0 radical (unpaired) electrons. The van der Waals surface area contributed by atoms with E-state index in [1.54, 1.807) is 0 Å². The number of esters is 1. The van der Waals surface area contributed by atoms with Gasteiger partial charge >= 0.3 is 5.97 Å². The summed E-state index contributed by atoms with van der Waals surface area (Å²) < 4.78 is 17.9. The molecular formula is C18H17FO3. The Bertz CT molecular complexity index is 635. The minimum absolute atomic E-state index is 0.321. The number of carbonyl (C=O) groups is 2. The van der Waals surface area contributed by atoms with Gasteiger partial charge in [0.2, 0.25) is 0 Å². The van der Waals surface area contributed by atoms with E-state index < -0.39 is 11.8 Å². The van der Waals surface area contributed by atoms with Crippen LogP contribution in [0.15, 0.2) is 54.6 Å². The lowest BCUT2D eigenvalue weighted by molar-refractivity contribution is -0.144. The molecule has 2 rings (SSSR count). The van der Waals surface area contributed by atoms with Crippen LogP contribution in [-0.2, 0) is 9.53 Å². The van der Waals surface area contributed by atoms with Gasteiger partial charge in [0, 0.05) is 5.56 Å². The van der Waals surface area contributed by atoms with Crippen LogP contribution in [0.1, 0.15) is 35.2 Å². The third-order valence-electron chi connectivity index (χ3n) is 3.41. The summed E-state index contributed by atoms with van der Waals surface area (Å²) in [5.74, 6) is -1.58. The first-order chi connectivity index (χ1) is 10.6. The van der Waals surface area contributed by atoms with Gasteiger partial charge < -0.3 is 4.74 Å². The molecule has 0 fully saturated rings. The fourth-order valence-corrected chi connectivity index (χ4v) is 2.18. The maximum absolute atomic E-state index is 12.8. The van der Waals surface area contributed by atoms with Crippen molar-refractivity contribution >= 4 is 11.8 Å². The molecule has 0 aromatic heterocycles. The molecule has 2 aromatic carbocycles. The second-order valence-electron chi connectivity index (χ2n) is 4.91. The third-order valence-corrected chi connectivity index (χ3v) is 3.41. The van der Waals surface area contributed by atoms with Crippen molar-refractivity contribution in [2.45, 2.75) is 19.3 Å². The molecule has 0 spiro atoms. The number of carbonyl (C=O) groups excluding carboxylic acids is 2. The molecule has 114 valence electrons. The van der Waals surface area contributed by atoms with E-state index in [2.05, 4.69) is 0 Å². The van der Waals surface area contributed by atoms with Crippen LogP contribution >= 0.6 is 0 Å². The number of ether oxygens (including phenoxy) is 1. The van der Waals surface area contributed by atoms with E-state index in [0.29, 0.717) is 12.0 Å². The second kappa shape index (κ2) is 7.50. The van der Waals surface area contributed by atoms with Crippen molar-refractivity contribution in [2.24, 2.45) is 0 Å². The molecule has 0 aliphatic rings. The van der Waals surface area contributed by atoms with Gasteiger partial charge in [-0.3, -0.25) is 9.59 Å². The van der Waals surface area contributed by atoms with Gasteiger partial charge in [-0.1, -0.05) is 37.3 Å². The van der Waals surface area contributed by atoms with E-state index in [0.717, 1.165) is 5.56 Å². The van der Waals surface area contributed by atoms with Crippen LogP contribution in [0.4, 0.5) is 4.39 Å². The van der Waals surface area contributed by atoms with Crippen molar-refractivity contribution in [3.05, 3.63) is 71.5 Å². The molecule has 0 bridgehead atoms. The van der Waals surface area contributed by atoms with E-state index in [1.807, 2.05) is 37.3 Å². The lowest BCUT2D eigenvalue weighted by Gasteiger charge is -2.14. The third kappa shape index (κ3) is 4.01. The average molecular weight is 300 g/mol. The normalized spacial score (nSPS) is 11.7. The van der Waals surface area contributed by atoms with Gasteiger partial charge in [-0.05, 0) is 36.2 Å². The number of Topliss-reactive ketones (excluding diaryl/α,β-unsaturated/α-hetero) is 1. The largest absolute Gasteiger partial charge is 0.457 e. The number of hydrogen-bond donors (Lipinski definition) is 0. The summed E-state index contributed by atoms with van der Waals surface area (Å²) in [5, 5.41) is 0. The van der Waals surface area contributed by atoms with E-state index in [4.69, 9.17) is 4.74 Å². The van der Waals surface area contributed by atoms with Crippen molar-refractivity contribution in [2.75, 3.05) is 6.61 Å². The molecule has 0 heterocycles. The molecule has 0 N–H and O–H groups in total. The van der Waals surface area contributed by atoms with Crippen molar-refractivity contribution in [1.29, 1.82) is 0 Å². The lowest BCUT2D eigenvalue weighted by Crippen LogP contribution is -2.19. The molecule has 0 aliphatic carbocycles. The highest BCUT2D eigenvalue weighted by molar-refractivity contribution is 5.98. The Morgan fingerprint density at radius 3 is 2.27 bits per heavy atom. The predicted octanol–water partition coefficient (Wildman–Crippen LogP) is 3.75. The molecule has 0 saturated heterocycles. The Hall–Kier alpha value is -2.49. The summed E-state index contributed by atoms with van der Waals surface area (Å²) in [7, 11) is 0. The molecule has 22 heavy (non-hydrogen) atoms. The quantitative estimate of drug-likeness (QED) is 0.603. The molecule has 3 nitrogen and oxygen atoms in total. The van der Waals surface area contributed by atoms with Crippen molar-refractivity contribution < 1.29 is 18.7 Å².